The van der Waals surface area contributed by atoms with Crippen molar-refractivity contribution in [3.05, 3.63) is 99.6 Å². The predicted octanol–water partition coefficient (Wildman–Crippen LogP) is 4.95. The van der Waals surface area contributed by atoms with Gasteiger partial charge in [-0.2, -0.15) is 13.2 Å². The number of amides is 3. The number of halogens is 4. The van der Waals surface area contributed by atoms with Crippen molar-refractivity contribution in [2.45, 2.75) is 12.7 Å². The Bertz CT molecular complexity index is 1370. The van der Waals surface area contributed by atoms with E-state index in [0.29, 0.717) is 10.6 Å². The van der Waals surface area contributed by atoms with Crippen molar-refractivity contribution in [3.63, 3.8) is 0 Å². The van der Waals surface area contributed by atoms with Crippen molar-refractivity contribution in [2.24, 2.45) is 0 Å². The molecule has 184 valence electrons. The first-order valence-electron chi connectivity index (χ1n) is 10.4. The summed E-state index contributed by atoms with van der Waals surface area (Å²) in [6.45, 7) is -0.861. The number of alkyl halides is 3. The average molecular weight is 517 g/mol. The maximum Gasteiger partial charge on any atom is 0.418 e. The summed E-state index contributed by atoms with van der Waals surface area (Å²) in [6.07, 6.45) is -4.68. The van der Waals surface area contributed by atoms with E-state index in [1.54, 1.807) is 24.3 Å². The zero-order chi connectivity index (χ0) is 26.0. The molecule has 0 radical (unpaired) electrons. The number of ether oxygens (including phenoxy) is 1. The maximum absolute atomic E-state index is 13.1. The standard InChI is InChI=1S/C25H16ClF3N2O5/c26-16-8-5-14(6-9-16)12-31-22(33)17-10-7-15(11-18(17)23(31)34)24(35)36-13-21(32)30-20-4-2-1-3-19(20)25(27,28)29/h1-11H,12-13H2,(H,30,32). The third kappa shape index (κ3) is 5.23. The second-order valence-electron chi connectivity index (χ2n) is 7.75. The van der Waals surface area contributed by atoms with Crippen LogP contribution in [-0.2, 0) is 22.3 Å². The van der Waals surface area contributed by atoms with Crippen LogP contribution >= 0.6 is 11.6 Å². The maximum atomic E-state index is 13.1. The number of para-hydroxylation sites is 1. The molecule has 0 saturated carbocycles. The van der Waals surface area contributed by atoms with E-state index in [9.17, 15) is 32.3 Å². The molecular weight excluding hydrogens is 501 g/mol. The second-order valence-corrected chi connectivity index (χ2v) is 8.19. The summed E-state index contributed by atoms with van der Waals surface area (Å²) in [5.41, 5.74) is -0.861. The molecule has 3 amide bonds. The lowest BCUT2D eigenvalue weighted by Gasteiger charge is -2.13. The minimum absolute atomic E-state index is 0.00284. The number of carbonyl (C=O) groups is 4. The number of anilines is 1. The smallest absolute Gasteiger partial charge is 0.418 e. The van der Waals surface area contributed by atoms with Gasteiger partial charge in [0, 0.05) is 5.02 Å². The van der Waals surface area contributed by atoms with Gasteiger partial charge < -0.3 is 10.1 Å². The van der Waals surface area contributed by atoms with Crippen molar-refractivity contribution in [2.75, 3.05) is 11.9 Å². The summed E-state index contributed by atoms with van der Waals surface area (Å²) >= 11 is 5.85. The minimum Gasteiger partial charge on any atom is -0.452 e. The molecule has 3 aromatic rings. The van der Waals surface area contributed by atoms with E-state index >= 15 is 0 Å². The zero-order valence-electron chi connectivity index (χ0n) is 18.3. The van der Waals surface area contributed by atoms with Crippen molar-refractivity contribution in [1.29, 1.82) is 0 Å². The van der Waals surface area contributed by atoms with Crippen molar-refractivity contribution in [1.82, 2.24) is 4.90 Å². The summed E-state index contributed by atoms with van der Waals surface area (Å²) in [5.74, 6) is -3.12. The fourth-order valence-corrected chi connectivity index (χ4v) is 3.70. The van der Waals surface area contributed by atoms with Gasteiger partial charge >= 0.3 is 12.1 Å². The normalized spacial score (nSPS) is 12.9. The lowest BCUT2D eigenvalue weighted by Crippen LogP contribution is -2.29. The van der Waals surface area contributed by atoms with Gasteiger partial charge in [-0.15, -0.1) is 0 Å². The topological polar surface area (TPSA) is 92.8 Å². The Morgan fingerprint density at radius 1 is 0.917 bits per heavy atom. The number of esters is 1. The van der Waals surface area contributed by atoms with Crippen LogP contribution in [0.3, 0.4) is 0 Å². The Balaban J connectivity index is 1.41. The average Bonchev–Trinajstić information content (AvgIpc) is 3.08. The van der Waals surface area contributed by atoms with Gasteiger partial charge in [0.1, 0.15) is 0 Å². The molecule has 0 unspecified atom stereocenters. The van der Waals surface area contributed by atoms with Crippen LogP contribution in [0.1, 0.15) is 42.2 Å². The SMILES string of the molecule is O=C(COC(=O)c1ccc2c(c1)C(=O)N(Cc1ccc(Cl)cc1)C2=O)Nc1ccccc1C(F)(F)F. The highest BCUT2D eigenvalue weighted by molar-refractivity contribution is 6.30. The van der Waals surface area contributed by atoms with Crippen LogP contribution in [-0.4, -0.2) is 35.2 Å². The molecule has 0 fully saturated rings. The molecular formula is C25H16ClF3N2O5. The molecule has 1 aliphatic heterocycles. The Hall–Kier alpha value is -4.18. The number of rotatable bonds is 6. The summed E-state index contributed by atoms with van der Waals surface area (Å²) in [4.78, 5) is 51.0. The molecule has 1 aliphatic rings. The summed E-state index contributed by atoms with van der Waals surface area (Å²) in [7, 11) is 0. The number of imide groups is 1. The van der Waals surface area contributed by atoms with Crippen LogP contribution in [0.5, 0.6) is 0 Å². The first kappa shape index (κ1) is 24.9. The number of fused-ring (bicyclic) bond motifs is 1. The third-order valence-electron chi connectivity index (χ3n) is 5.30. The van der Waals surface area contributed by atoms with Gasteiger partial charge in [-0.05, 0) is 48.0 Å². The van der Waals surface area contributed by atoms with E-state index in [4.69, 9.17) is 16.3 Å². The molecule has 7 nitrogen and oxygen atoms in total. The molecule has 0 spiro atoms. The Morgan fingerprint density at radius 2 is 1.58 bits per heavy atom. The van der Waals surface area contributed by atoms with E-state index in [2.05, 4.69) is 5.32 Å². The van der Waals surface area contributed by atoms with Crippen LogP contribution in [0.4, 0.5) is 18.9 Å². The quantitative estimate of drug-likeness (QED) is 0.370. The number of benzene rings is 3. The number of nitrogens with zero attached hydrogens (tertiary/aromatic N) is 1. The molecule has 3 aromatic carbocycles. The van der Waals surface area contributed by atoms with Crippen LogP contribution in [0.25, 0.3) is 0 Å². The minimum atomic E-state index is -4.68. The first-order valence-corrected chi connectivity index (χ1v) is 10.8. The molecule has 0 atom stereocenters. The Kier molecular flexibility index (Phi) is 6.80. The van der Waals surface area contributed by atoms with Crippen LogP contribution in [0.2, 0.25) is 5.02 Å². The van der Waals surface area contributed by atoms with Gasteiger partial charge in [0.25, 0.3) is 17.7 Å². The summed E-state index contributed by atoms with van der Waals surface area (Å²) in [6, 6.07) is 14.7. The summed E-state index contributed by atoms with van der Waals surface area (Å²) in [5, 5.41) is 2.56. The molecule has 0 saturated heterocycles. The van der Waals surface area contributed by atoms with Gasteiger partial charge in [0.05, 0.1) is 34.5 Å². The number of hydrogen-bond acceptors (Lipinski definition) is 5. The molecule has 1 N–H and O–H groups in total. The van der Waals surface area contributed by atoms with Gasteiger partial charge in [0.15, 0.2) is 6.61 Å². The Labute approximate surface area is 207 Å². The third-order valence-corrected chi connectivity index (χ3v) is 5.55. The highest BCUT2D eigenvalue weighted by atomic mass is 35.5. The van der Waals surface area contributed by atoms with Gasteiger partial charge in [-0.1, -0.05) is 35.9 Å². The summed E-state index contributed by atoms with van der Waals surface area (Å²) < 4.78 is 44.1. The van der Waals surface area contributed by atoms with E-state index in [-0.39, 0.29) is 23.2 Å². The highest BCUT2D eigenvalue weighted by Crippen LogP contribution is 2.34. The van der Waals surface area contributed by atoms with Crippen LogP contribution < -0.4 is 5.32 Å². The molecule has 0 bridgehead atoms. The predicted molar refractivity (Wildman–Crippen MR) is 122 cm³/mol. The lowest BCUT2D eigenvalue weighted by atomic mass is 10.1. The molecule has 36 heavy (non-hydrogen) atoms. The van der Waals surface area contributed by atoms with Gasteiger partial charge in [-0.25, -0.2) is 4.79 Å². The molecule has 1 heterocycles. The fraction of sp³-hybridized carbons (Fsp3) is 0.120. The number of carbonyl (C=O) groups excluding carboxylic acids is 4. The highest BCUT2D eigenvalue weighted by Gasteiger charge is 2.36. The van der Waals surface area contributed by atoms with Gasteiger partial charge in [0.2, 0.25) is 0 Å². The monoisotopic (exact) mass is 516 g/mol. The molecule has 11 heteroatoms. The van der Waals surface area contributed by atoms with Crippen molar-refractivity contribution >= 4 is 41.0 Å². The van der Waals surface area contributed by atoms with E-state index in [1.165, 1.54) is 30.3 Å². The number of nitrogens with one attached hydrogen (secondary N) is 1. The molecule has 0 aromatic heterocycles. The lowest BCUT2D eigenvalue weighted by molar-refractivity contribution is -0.137. The second kappa shape index (κ2) is 9.82. The van der Waals surface area contributed by atoms with Crippen molar-refractivity contribution in [3.8, 4) is 0 Å². The van der Waals surface area contributed by atoms with Gasteiger partial charge in [-0.3, -0.25) is 19.3 Å². The Morgan fingerprint density at radius 3 is 2.28 bits per heavy atom. The molecule has 0 aliphatic carbocycles. The van der Waals surface area contributed by atoms with Crippen LogP contribution in [0, 0.1) is 0 Å². The van der Waals surface area contributed by atoms with E-state index in [1.807, 2.05) is 0 Å². The largest absolute Gasteiger partial charge is 0.452 e. The van der Waals surface area contributed by atoms with Crippen LogP contribution in [0.15, 0.2) is 66.7 Å². The van der Waals surface area contributed by atoms with E-state index in [0.717, 1.165) is 17.0 Å². The first-order chi connectivity index (χ1) is 17.0. The molecule has 4 rings (SSSR count). The van der Waals surface area contributed by atoms with Crippen molar-refractivity contribution < 1.29 is 37.1 Å². The van der Waals surface area contributed by atoms with E-state index < -0.39 is 47.7 Å². The zero-order valence-corrected chi connectivity index (χ0v) is 19.0. The fourth-order valence-electron chi connectivity index (χ4n) is 3.57. The number of hydrogen-bond donors (Lipinski definition) is 1.